The van der Waals surface area contributed by atoms with E-state index in [0.717, 1.165) is 10.1 Å². The Hall–Kier alpha value is -14.3. The summed E-state index contributed by atoms with van der Waals surface area (Å²) in [6.45, 7) is 15.8. The maximum atomic E-state index is 13.8. The first kappa shape index (κ1) is 88.7. The average Bonchev–Trinajstić information content (AvgIpc) is 0.795. The van der Waals surface area contributed by atoms with Crippen molar-refractivity contribution in [2.24, 2.45) is 0 Å². The van der Waals surface area contributed by atoms with Gasteiger partial charge >= 0.3 is 48.7 Å². The van der Waals surface area contributed by atoms with Crippen molar-refractivity contribution in [3.8, 4) is 11.5 Å². The van der Waals surface area contributed by atoms with Crippen LogP contribution in [0.3, 0.4) is 0 Å². The normalized spacial score (nSPS) is 11.2. The van der Waals surface area contributed by atoms with Gasteiger partial charge in [0.1, 0.15) is 50.7 Å². The van der Waals surface area contributed by atoms with Gasteiger partial charge in [0, 0.05) is 83.1 Å². The number of fused-ring (bicyclic) bond motifs is 5. The molecule has 13 rings (SSSR count). The fourth-order valence-electron chi connectivity index (χ4n) is 12.1. The summed E-state index contributed by atoms with van der Waals surface area (Å²) in [7, 11) is 0. The number of aryl methyl sites for hydroxylation is 1. The number of hydrogen-bond acceptors (Lipinski definition) is 18. The van der Waals surface area contributed by atoms with Crippen LogP contribution in [0.5, 0.6) is 11.5 Å². The van der Waals surface area contributed by atoms with Crippen molar-refractivity contribution in [2.45, 2.75) is 99.9 Å². The van der Waals surface area contributed by atoms with Crippen molar-refractivity contribution in [1.82, 2.24) is 22.8 Å². The summed E-state index contributed by atoms with van der Waals surface area (Å²) in [6.07, 6.45) is -3.36. The topological polar surface area (TPSA) is 297 Å². The number of carboxylic acid groups (broad SMARTS) is 1. The predicted octanol–water partition coefficient (Wildman–Crippen LogP) is 16.3. The molecule has 8 aromatic carbocycles. The van der Waals surface area contributed by atoms with Crippen LogP contribution in [0, 0.1) is 5.82 Å². The van der Waals surface area contributed by atoms with E-state index in [1.165, 1.54) is 79.4 Å². The number of ether oxygens (including phenoxy) is 7. The van der Waals surface area contributed by atoms with Gasteiger partial charge in [0.2, 0.25) is 27.1 Å². The molecular weight excluding hydrogens is 1560 g/mol. The fourth-order valence-corrected chi connectivity index (χ4v) is 12.1. The van der Waals surface area contributed by atoms with Gasteiger partial charge in [-0.15, -0.1) is 26.3 Å². The summed E-state index contributed by atoms with van der Waals surface area (Å²) in [5.41, 5.74) is 1.25. The highest BCUT2D eigenvalue weighted by Gasteiger charge is 2.32. The van der Waals surface area contributed by atoms with Gasteiger partial charge in [-0.2, -0.15) is 0 Å². The van der Waals surface area contributed by atoms with Crippen LogP contribution in [-0.4, -0.2) is 109 Å². The molecule has 0 aliphatic rings. The van der Waals surface area contributed by atoms with Gasteiger partial charge in [-0.3, -0.25) is 28.5 Å². The molecule has 618 valence electrons. The lowest BCUT2D eigenvalue weighted by Gasteiger charge is -2.21. The maximum absolute atomic E-state index is 13.8. The van der Waals surface area contributed by atoms with E-state index in [0.29, 0.717) is 66.8 Å². The van der Waals surface area contributed by atoms with Crippen LogP contribution in [0.15, 0.2) is 249 Å². The highest BCUT2D eigenvalue weighted by Crippen LogP contribution is 2.27. The van der Waals surface area contributed by atoms with Crippen LogP contribution in [-0.2, 0) is 49.9 Å². The van der Waals surface area contributed by atoms with E-state index in [1.807, 2.05) is 23.6 Å². The number of aromatic nitrogens is 5. The minimum atomic E-state index is -4.76. The molecule has 5 aromatic heterocycles. The molecule has 31 heteroatoms. The van der Waals surface area contributed by atoms with Crippen molar-refractivity contribution in [3.05, 3.63) is 327 Å². The molecule has 0 atom stereocenters. The Morgan fingerprint density at radius 3 is 0.966 bits per heavy atom. The zero-order chi connectivity index (χ0) is 86.6. The van der Waals surface area contributed by atoms with Crippen molar-refractivity contribution >= 4 is 90.5 Å². The van der Waals surface area contributed by atoms with Gasteiger partial charge in [0.05, 0.1) is 60.6 Å². The van der Waals surface area contributed by atoms with E-state index in [9.17, 15) is 88.6 Å². The summed E-state index contributed by atoms with van der Waals surface area (Å²) in [4.78, 5) is 134. The summed E-state index contributed by atoms with van der Waals surface area (Å²) in [5.74, 6) is -5.08. The highest BCUT2D eigenvalue weighted by atomic mass is 19.4. The van der Waals surface area contributed by atoms with Crippen LogP contribution >= 0.6 is 0 Å². The summed E-state index contributed by atoms with van der Waals surface area (Å²) < 4.78 is 128. The van der Waals surface area contributed by atoms with E-state index in [4.69, 9.17) is 23.7 Å². The van der Waals surface area contributed by atoms with Crippen molar-refractivity contribution in [2.75, 3.05) is 26.4 Å². The van der Waals surface area contributed by atoms with Crippen molar-refractivity contribution in [3.63, 3.8) is 0 Å². The zero-order valence-electron chi connectivity index (χ0n) is 65.2. The largest absolute Gasteiger partial charge is 0.573 e. The molecule has 5 heterocycles. The third kappa shape index (κ3) is 22.9. The lowest BCUT2D eigenvalue weighted by atomic mass is 10.1. The molecule has 0 fully saturated rings. The number of aromatic carboxylic acids is 1. The maximum Gasteiger partial charge on any atom is 0.573 e. The first-order valence-electron chi connectivity index (χ1n) is 36.8. The van der Waals surface area contributed by atoms with Gasteiger partial charge in [0.25, 0.3) is 0 Å². The number of esters is 4. The zero-order valence-corrected chi connectivity index (χ0v) is 65.2. The van der Waals surface area contributed by atoms with Crippen molar-refractivity contribution < 1.29 is 97.8 Å². The van der Waals surface area contributed by atoms with Crippen molar-refractivity contribution in [1.29, 1.82) is 0 Å². The molecule has 0 spiro atoms. The van der Waals surface area contributed by atoms with Gasteiger partial charge in [-0.05, 0) is 158 Å². The number of rotatable bonds is 18. The predicted molar refractivity (Wildman–Crippen MR) is 429 cm³/mol. The minimum Gasteiger partial charge on any atom is -0.477 e. The fraction of sp³-hybridized carbons (Fsp3) is 0.216. The standard InChI is InChI=1S/2C20H16F3NO4.C17H12FNO3.C17H19NO5.C14H15NO3/c2*1-2-27-19(26)16-12-24(17-6-4-3-5-15(17)18(16)25)11-13-7-9-14(10-8-13)28-20(21,22)23;18-14-7-3-1-5-11(14)9-19-10-13(17(21)22)16(20)12-6-2-4-8-15(12)19;1-5-22-15(20)12-10-18(16(21)23-17(2,3)4)13-9-7-6-8-11(13)14(12)19;1-3-15-9-11(14(17)18-4-2)13(16)10-7-5-6-8-12(10)15/h2*3-10,12H,2,11H2,1H3;1-8,10H,9H2,(H,21,22);6-10H,5H2,1-4H3;5-9H,3-4H2,1-2H3. The summed E-state index contributed by atoms with van der Waals surface area (Å²) >= 11 is 0. The third-order valence-electron chi connectivity index (χ3n) is 17.3. The molecule has 0 unspecified atom stereocenters. The van der Waals surface area contributed by atoms with Gasteiger partial charge < -0.3 is 56.5 Å². The first-order valence-corrected chi connectivity index (χ1v) is 36.8. The van der Waals surface area contributed by atoms with Gasteiger partial charge in [-0.1, -0.05) is 103 Å². The molecule has 13 aromatic rings. The first-order chi connectivity index (χ1) is 56.6. The number of para-hydroxylation sites is 5. The number of hydrogen-bond donors (Lipinski definition) is 1. The van der Waals surface area contributed by atoms with E-state index in [1.54, 1.807) is 196 Å². The number of carboxylic acids is 1. The molecule has 24 nitrogen and oxygen atoms in total. The second-order valence-electron chi connectivity index (χ2n) is 26.6. The number of alkyl halides is 6. The lowest BCUT2D eigenvalue weighted by Crippen LogP contribution is -2.29. The Balaban J connectivity index is 0.000000171. The summed E-state index contributed by atoms with van der Waals surface area (Å²) in [5, 5.41) is 11.0. The number of nitrogens with zero attached hydrogens (tertiary/aromatic N) is 5. The monoisotopic (exact) mass is 1640 g/mol. The van der Waals surface area contributed by atoms with Crippen LogP contribution < -0.4 is 36.6 Å². The molecule has 1 N–H and O–H groups in total. The van der Waals surface area contributed by atoms with Gasteiger partial charge in [0.15, 0.2) is 0 Å². The van der Waals surface area contributed by atoms with Gasteiger partial charge in [-0.25, -0.2) is 33.2 Å². The third-order valence-corrected chi connectivity index (χ3v) is 17.3. The number of halogens is 7. The van der Waals surface area contributed by atoms with Crippen LogP contribution in [0.4, 0.5) is 35.5 Å². The average molecular weight is 1640 g/mol. The number of carbonyl (C=O) groups excluding carboxylic acids is 5. The van der Waals surface area contributed by atoms with E-state index in [-0.39, 0.29) is 102 Å². The molecule has 0 saturated heterocycles. The Morgan fingerprint density at radius 1 is 0.353 bits per heavy atom. The second-order valence-corrected chi connectivity index (χ2v) is 26.6. The summed E-state index contributed by atoms with van der Waals surface area (Å²) in [6, 6.07) is 51.1. The Kier molecular flexibility index (Phi) is 29.4. The molecule has 0 saturated carbocycles. The van der Waals surface area contributed by atoms with Crippen LogP contribution in [0.2, 0.25) is 0 Å². The molecule has 0 amide bonds. The van der Waals surface area contributed by atoms with Crippen LogP contribution in [0.25, 0.3) is 54.5 Å². The Labute approximate surface area is 672 Å². The molecular formula is C88H78F7N5O19. The molecule has 0 aliphatic heterocycles. The number of pyridine rings is 5. The second kappa shape index (κ2) is 39.4. The molecule has 0 bridgehead atoms. The smallest absolute Gasteiger partial charge is 0.477 e. The number of carbonyl (C=O) groups is 6. The lowest BCUT2D eigenvalue weighted by molar-refractivity contribution is -0.275. The van der Waals surface area contributed by atoms with E-state index >= 15 is 0 Å². The Morgan fingerprint density at radius 2 is 0.639 bits per heavy atom. The van der Waals surface area contributed by atoms with Crippen LogP contribution in [0.1, 0.15) is 124 Å². The molecule has 0 radical (unpaired) electrons. The van der Waals surface area contributed by atoms with E-state index < -0.39 is 76.0 Å². The Bertz CT molecular complexity index is 6070. The quantitative estimate of drug-likeness (QED) is 0.0474. The highest BCUT2D eigenvalue weighted by molar-refractivity contribution is 5.98. The minimum absolute atomic E-state index is 0.0948. The number of benzene rings is 8. The molecule has 119 heavy (non-hydrogen) atoms. The SMILES string of the molecule is CCOC(=O)c1cn(C(=O)OC(C)(C)C)c2ccccc2c1=O.CCOC(=O)c1cn(CC)c2ccccc2c1=O.CCOC(=O)c1cn(Cc2ccc(OC(F)(F)F)cc2)c2ccccc2c1=O.CCOC(=O)c1cn(Cc2ccc(OC(F)(F)F)cc2)c2ccccc2c1=O.O=C(O)c1cn(Cc2ccccc2F)c2ccccc2c1=O. The van der Waals surface area contributed by atoms with E-state index in [2.05, 4.69) is 9.47 Å². The molecule has 0 aliphatic carbocycles.